The van der Waals surface area contributed by atoms with E-state index >= 15 is 0 Å². The summed E-state index contributed by atoms with van der Waals surface area (Å²) in [6, 6.07) is 56.9. The molecule has 0 amide bonds. The van der Waals surface area contributed by atoms with Crippen LogP contribution in [0.3, 0.4) is 0 Å². The van der Waals surface area contributed by atoms with Gasteiger partial charge >= 0.3 is 0 Å². The topological polar surface area (TPSA) is 12.2 Å². The molecule has 0 saturated carbocycles. The largest absolute Gasteiger partial charge is 0.308 e. The molecule has 57 heavy (non-hydrogen) atoms. The number of aryl methyl sites for hydroxylation is 3. The van der Waals surface area contributed by atoms with E-state index in [0.29, 0.717) is 0 Å². The third-order valence-electron chi connectivity index (χ3n) is 13.0. The van der Waals surface area contributed by atoms with Gasteiger partial charge in [0.05, 0.1) is 28.0 Å². The lowest BCUT2D eigenvalue weighted by molar-refractivity contribution is -0.727. The first kappa shape index (κ1) is 32.4. The van der Waals surface area contributed by atoms with Gasteiger partial charge in [-0.2, -0.15) is 9.13 Å². The van der Waals surface area contributed by atoms with Crippen LogP contribution in [0.5, 0.6) is 0 Å². The summed E-state index contributed by atoms with van der Waals surface area (Å²) in [4.78, 5) is 0. The zero-order chi connectivity index (χ0) is 37.9. The Morgan fingerprint density at radius 2 is 1.26 bits per heavy atom. The monoisotopic (exact) mass is 731 g/mol. The number of rotatable bonds is 2. The minimum atomic E-state index is 0.0726. The van der Waals surface area contributed by atoms with Gasteiger partial charge in [-0.05, 0) is 121 Å². The molecule has 10 aromatic rings. The highest BCUT2D eigenvalue weighted by Gasteiger charge is 2.47. The van der Waals surface area contributed by atoms with Crippen LogP contribution >= 0.6 is 0 Å². The third kappa shape index (κ3) is 4.72. The first-order chi connectivity index (χ1) is 28.0. The van der Waals surface area contributed by atoms with Crippen molar-refractivity contribution in [3.05, 3.63) is 193 Å². The van der Waals surface area contributed by atoms with Crippen LogP contribution in [0.4, 0.5) is 0 Å². The average Bonchev–Trinajstić information content (AvgIpc) is 3.76. The highest BCUT2D eigenvalue weighted by Crippen LogP contribution is 2.48. The molecule has 6 heterocycles. The fraction of sp³-hybridized carbons (Fsp3) is 0.111. The van der Waals surface area contributed by atoms with Crippen molar-refractivity contribution in [1.29, 1.82) is 0 Å². The van der Waals surface area contributed by atoms with Crippen molar-refractivity contribution in [2.75, 3.05) is 0 Å². The van der Waals surface area contributed by atoms with Gasteiger partial charge in [-0.25, -0.2) is 0 Å². The molecule has 0 N–H and O–H groups in total. The van der Waals surface area contributed by atoms with Crippen LogP contribution in [0.15, 0.2) is 171 Å². The molecule has 2 atom stereocenters. The molecule has 0 aliphatic carbocycles. The standard InChI is InChI=1S/C54H41N3/c1-33-24-25-55-35(3)53-43(41-16-10-11-17-42(41)49-22-18-34(2)32-56(49)53)21-19-39-30-52-46(31-44(39)51(55)26-33)48-29-40(37-14-8-5-9-15-37)28-47-45-27-38(36-12-6-4-7-13-36)20-23-50(45)57(52)54(47)48/h4-18,20,22-32,43,53H,3,19,21H2,1-2H3/q+2. The maximum absolute atomic E-state index is 4.96. The SMILES string of the molecule is C=C1C2C(CCc3cc4c(cc3-c3cc(C)cc[n+]31)c1cc(-c3ccccc3)cc3c5cc(-c6ccccc6)ccc5n4c31)c1ccccc1-c1ccc(C)c[n+]12. The summed E-state index contributed by atoms with van der Waals surface area (Å²) >= 11 is 0. The molecule has 0 fully saturated rings. The predicted octanol–water partition coefficient (Wildman–Crippen LogP) is 12.5. The molecule has 2 unspecified atom stereocenters. The maximum Gasteiger partial charge on any atom is 0.249 e. The molecule has 4 aromatic heterocycles. The number of hydrogen-bond donors (Lipinski definition) is 0. The molecule has 0 radical (unpaired) electrons. The van der Waals surface area contributed by atoms with Gasteiger partial charge in [0.2, 0.25) is 23.1 Å². The zero-order valence-corrected chi connectivity index (χ0v) is 32.2. The van der Waals surface area contributed by atoms with Crippen molar-refractivity contribution < 1.29 is 9.13 Å². The lowest BCUT2D eigenvalue weighted by Crippen LogP contribution is -2.53. The third-order valence-corrected chi connectivity index (χ3v) is 13.0. The second-order valence-corrected chi connectivity index (χ2v) is 16.4. The molecule has 270 valence electrons. The molecule has 12 rings (SSSR count). The lowest BCUT2D eigenvalue weighted by Gasteiger charge is -2.29. The van der Waals surface area contributed by atoms with Crippen LogP contribution in [0, 0.1) is 13.8 Å². The Kier molecular flexibility index (Phi) is 6.87. The number of allylic oxidation sites excluding steroid dienone is 1. The summed E-state index contributed by atoms with van der Waals surface area (Å²) in [5.41, 5.74) is 20.3. The van der Waals surface area contributed by atoms with Gasteiger partial charge in [0.15, 0.2) is 12.4 Å². The van der Waals surface area contributed by atoms with Gasteiger partial charge in [-0.15, -0.1) is 0 Å². The van der Waals surface area contributed by atoms with Crippen molar-refractivity contribution in [2.24, 2.45) is 0 Å². The highest BCUT2D eigenvalue weighted by atomic mass is 15.1. The Balaban J connectivity index is 1.15. The van der Waals surface area contributed by atoms with Gasteiger partial charge in [0.25, 0.3) is 0 Å². The molecule has 2 aliphatic heterocycles. The maximum atomic E-state index is 4.96. The number of nitrogens with zero attached hydrogens (tertiary/aromatic N) is 3. The summed E-state index contributed by atoms with van der Waals surface area (Å²) in [6.07, 6.45) is 6.56. The smallest absolute Gasteiger partial charge is 0.249 e. The molecular formula is C54H41N3+2. The van der Waals surface area contributed by atoms with E-state index in [2.05, 4.69) is 191 Å². The molecule has 2 aliphatic rings. The van der Waals surface area contributed by atoms with E-state index in [0.717, 1.165) is 18.5 Å². The molecular weight excluding hydrogens is 691 g/mol. The molecule has 0 spiro atoms. The van der Waals surface area contributed by atoms with E-state index in [9.17, 15) is 0 Å². The lowest BCUT2D eigenvalue weighted by atomic mass is 9.78. The van der Waals surface area contributed by atoms with E-state index in [1.54, 1.807) is 0 Å². The van der Waals surface area contributed by atoms with Crippen molar-refractivity contribution in [3.63, 3.8) is 0 Å². The van der Waals surface area contributed by atoms with Crippen molar-refractivity contribution in [1.82, 2.24) is 4.40 Å². The highest BCUT2D eigenvalue weighted by molar-refractivity contribution is 6.25. The number of benzene rings is 6. The van der Waals surface area contributed by atoms with Gasteiger partial charge in [-0.1, -0.05) is 84.9 Å². The second kappa shape index (κ2) is 12.1. The Labute approximate surface area is 332 Å². The summed E-state index contributed by atoms with van der Waals surface area (Å²) < 4.78 is 7.48. The normalized spacial score (nSPS) is 16.1. The summed E-state index contributed by atoms with van der Waals surface area (Å²) in [7, 11) is 0. The number of hydrogen-bond acceptors (Lipinski definition) is 0. The number of pyridine rings is 2. The molecule has 0 bridgehead atoms. The minimum Gasteiger partial charge on any atom is -0.308 e. The number of fused-ring (bicyclic) bond motifs is 15. The number of aromatic nitrogens is 3. The summed E-state index contributed by atoms with van der Waals surface area (Å²) in [5.74, 6) is 0.259. The van der Waals surface area contributed by atoms with E-state index in [1.165, 1.54) is 105 Å². The van der Waals surface area contributed by atoms with Crippen LogP contribution in [-0.4, -0.2) is 4.40 Å². The first-order valence-electron chi connectivity index (χ1n) is 20.2. The average molecular weight is 732 g/mol. The van der Waals surface area contributed by atoms with E-state index in [1.807, 2.05) is 0 Å². The predicted molar refractivity (Wildman–Crippen MR) is 235 cm³/mol. The Morgan fingerprint density at radius 1 is 0.561 bits per heavy atom. The fourth-order valence-corrected chi connectivity index (χ4v) is 10.4. The quantitative estimate of drug-likeness (QED) is 0.157. The fourth-order valence-electron chi connectivity index (χ4n) is 10.4. The van der Waals surface area contributed by atoms with Crippen molar-refractivity contribution in [2.45, 2.75) is 38.6 Å². The van der Waals surface area contributed by atoms with Gasteiger partial charge < -0.3 is 4.40 Å². The van der Waals surface area contributed by atoms with Gasteiger partial charge in [-0.3, -0.25) is 0 Å². The van der Waals surface area contributed by atoms with Crippen LogP contribution in [-0.2, 0) is 6.42 Å². The molecule has 3 nitrogen and oxygen atoms in total. The van der Waals surface area contributed by atoms with Crippen molar-refractivity contribution in [3.8, 4) is 44.8 Å². The van der Waals surface area contributed by atoms with Crippen LogP contribution in [0.1, 0.15) is 40.6 Å². The van der Waals surface area contributed by atoms with Gasteiger partial charge in [0.1, 0.15) is 0 Å². The Bertz CT molecular complexity index is 3280. The molecule has 6 aromatic carbocycles. The summed E-state index contributed by atoms with van der Waals surface area (Å²) in [6.45, 7) is 9.38. The minimum absolute atomic E-state index is 0.0726. The Hall–Kier alpha value is -6.84. The van der Waals surface area contributed by atoms with E-state index < -0.39 is 0 Å². The Morgan fingerprint density at radius 3 is 2.05 bits per heavy atom. The summed E-state index contributed by atoms with van der Waals surface area (Å²) in [5, 5.41) is 5.17. The van der Waals surface area contributed by atoms with Crippen LogP contribution in [0.25, 0.3) is 88.6 Å². The van der Waals surface area contributed by atoms with E-state index in [-0.39, 0.29) is 12.0 Å². The van der Waals surface area contributed by atoms with Gasteiger partial charge in [0, 0.05) is 50.9 Å². The van der Waals surface area contributed by atoms with E-state index in [4.69, 9.17) is 6.58 Å². The zero-order valence-electron chi connectivity index (χ0n) is 32.2. The van der Waals surface area contributed by atoms with Crippen LogP contribution in [0.2, 0.25) is 0 Å². The molecule has 0 saturated heterocycles. The second-order valence-electron chi connectivity index (χ2n) is 16.4. The van der Waals surface area contributed by atoms with Crippen LogP contribution < -0.4 is 9.13 Å². The first-order valence-corrected chi connectivity index (χ1v) is 20.2. The van der Waals surface area contributed by atoms with Crippen molar-refractivity contribution >= 4 is 43.8 Å². The molecule has 3 heteroatoms.